The highest BCUT2D eigenvalue weighted by atomic mass is 16.8. The minimum absolute atomic E-state index is 0.258. The first kappa shape index (κ1) is 11.4. The summed E-state index contributed by atoms with van der Waals surface area (Å²) in [4.78, 5) is 0. The molecule has 0 bridgehead atoms. The largest absolute Gasteiger partial charge is 0.348 e. The molecule has 1 aromatic rings. The van der Waals surface area contributed by atoms with E-state index in [4.69, 9.17) is 14.2 Å². The molecule has 2 heterocycles. The van der Waals surface area contributed by atoms with E-state index in [0.29, 0.717) is 12.5 Å². The summed E-state index contributed by atoms with van der Waals surface area (Å²) in [5, 5.41) is 0. The lowest BCUT2D eigenvalue weighted by Gasteiger charge is -2.20. The Kier molecular flexibility index (Phi) is 2.76. The van der Waals surface area contributed by atoms with E-state index in [1.54, 1.807) is 0 Å². The smallest absolute Gasteiger partial charge is 0.187 e. The van der Waals surface area contributed by atoms with Gasteiger partial charge in [0.2, 0.25) is 0 Å². The molecular weight excluding hydrogens is 240 g/mol. The average Bonchev–Trinajstić information content (AvgIpc) is 3.05. The zero-order chi connectivity index (χ0) is 12.7. The van der Waals surface area contributed by atoms with Crippen molar-refractivity contribution in [1.29, 1.82) is 0 Å². The second kappa shape index (κ2) is 4.60. The topological polar surface area (TPSA) is 27.7 Å². The van der Waals surface area contributed by atoms with E-state index in [1.807, 2.05) is 12.1 Å². The monoisotopic (exact) mass is 256 g/mol. The molecule has 1 aromatic carbocycles. The Hall–Kier alpha value is -1.42. The molecule has 0 N–H and O–H groups in total. The quantitative estimate of drug-likeness (QED) is 0.813. The van der Waals surface area contributed by atoms with E-state index in [2.05, 4.69) is 30.4 Å². The maximum atomic E-state index is 6.02. The maximum absolute atomic E-state index is 6.02. The van der Waals surface area contributed by atoms with Crippen LogP contribution in [0.1, 0.15) is 23.8 Å². The summed E-state index contributed by atoms with van der Waals surface area (Å²) in [7, 11) is 0. The zero-order valence-corrected chi connectivity index (χ0v) is 10.6. The average molecular weight is 256 g/mol. The van der Waals surface area contributed by atoms with Crippen molar-refractivity contribution >= 4 is 0 Å². The molecule has 0 saturated carbocycles. The van der Waals surface area contributed by atoms with Gasteiger partial charge in [-0.15, -0.1) is 0 Å². The summed E-state index contributed by atoms with van der Waals surface area (Å²) in [5.74, 6) is 0.478. The fraction of sp³-hybridized carbons (Fsp3) is 0.375. The van der Waals surface area contributed by atoms with Crippen molar-refractivity contribution in [1.82, 2.24) is 0 Å². The van der Waals surface area contributed by atoms with Crippen LogP contribution in [0.3, 0.4) is 0 Å². The highest BCUT2D eigenvalue weighted by Crippen LogP contribution is 2.38. The molecule has 4 rings (SSSR count). The van der Waals surface area contributed by atoms with Gasteiger partial charge in [-0.05, 0) is 17.6 Å². The molecule has 1 aliphatic carbocycles. The third-order valence-corrected chi connectivity index (χ3v) is 3.98. The fourth-order valence-corrected chi connectivity index (χ4v) is 2.92. The van der Waals surface area contributed by atoms with Gasteiger partial charge in [-0.1, -0.05) is 42.5 Å². The van der Waals surface area contributed by atoms with E-state index in [-0.39, 0.29) is 12.6 Å². The summed E-state index contributed by atoms with van der Waals surface area (Å²) < 4.78 is 17.5. The van der Waals surface area contributed by atoms with Gasteiger partial charge in [0, 0.05) is 11.5 Å². The highest BCUT2D eigenvalue weighted by molar-refractivity contribution is 5.31. The van der Waals surface area contributed by atoms with Crippen LogP contribution in [-0.4, -0.2) is 12.9 Å². The van der Waals surface area contributed by atoms with Crippen molar-refractivity contribution in [2.45, 2.75) is 25.6 Å². The van der Waals surface area contributed by atoms with Gasteiger partial charge in [-0.25, -0.2) is 0 Å². The number of benzene rings is 1. The molecule has 2 aliphatic heterocycles. The summed E-state index contributed by atoms with van der Waals surface area (Å²) >= 11 is 0. The summed E-state index contributed by atoms with van der Waals surface area (Å²) in [6, 6.07) is 8.19. The van der Waals surface area contributed by atoms with E-state index >= 15 is 0 Å². The van der Waals surface area contributed by atoms with E-state index < -0.39 is 0 Å². The van der Waals surface area contributed by atoms with Crippen molar-refractivity contribution in [2.75, 3.05) is 6.61 Å². The lowest BCUT2D eigenvalue weighted by atomic mass is 9.94. The molecule has 3 nitrogen and oxygen atoms in total. The van der Waals surface area contributed by atoms with Crippen LogP contribution < -0.4 is 0 Å². The normalized spacial score (nSPS) is 32.0. The first-order chi connectivity index (χ1) is 9.42. The minimum Gasteiger partial charge on any atom is -0.348 e. The second-order valence-electron chi connectivity index (χ2n) is 5.17. The standard InChI is InChI=1S/C16H16O3/c1-3-7-13-11(5-1)9-17-15(13)19-16-14-8-4-2-6-12(14)10-18-16/h1-5,7-8,12,15-16H,6,9-10H2. The molecule has 98 valence electrons. The van der Waals surface area contributed by atoms with Gasteiger partial charge < -0.3 is 14.2 Å². The highest BCUT2D eigenvalue weighted by Gasteiger charge is 2.36. The lowest BCUT2D eigenvalue weighted by Crippen LogP contribution is -2.18. The van der Waals surface area contributed by atoms with Gasteiger partial charge in [0.1, 0.15) is 0 Å². The van der Waals surface area contributed by atoms with Gasteiger partial charge in [0.15, 0.2) is 12.6 Å². The SMILES string of the molecule is C1=CCC2COC(OC3OCc4ccccc43)C2=C1. The summed E-state index contributed by atoms with van der Waals surface area (Å²) in [5.41, 5.74) is 3.58. The Balaban J connectivity index is 1.54. The molecule has 0 spiro atoms. The van der Waals surface area contributed by atoms with Crippen molar-refractivity contribution in [2.24, 2.45) is 5.92 Å². The Morgan fingerprint density at radius 1 is 1.11 bits per heavy atom. The van der Waals surface area contributed by atoms with Gasteiger partial charge in [0.25, 0.3) is 0 Å². The van der Waals surface area contributed by atoms with Crippen LogP contribution in [0.25, 0.3) is 0 Å². The predicted octanol–water partition coefficient (Wildman–Crippen LogP) is 3.09. The van der Waals surface area contributed by atoms with Crippen molar-refractivity contribution in [3.8, 4) is 0 Å². The third kappa shape index (κ3) is 1.94. The van der Waals surface area contributed by atoms with Crippen LogP contribution in [0.15, 0.2) is 48.1 Å². The van der Waals surface area contributed by atoms with Gasteiger partial charge in [-0.2, -0.15) is 0 Å². The number of hydrogen-bond donors (Lipinski definition) is 0. The van der Waals surface area contributed by atoms with Gasteiger partial charge in [0.05, 0.1) is 13.2 Å². The summed E-state index contributed by atoms with van der Waals surface area (Å²) in [6.07, 6.45) is 6.88. The van der Waals surface area contributed by atoms with E-state index in [0.717, 1.165) is 18.6 Å². The molecule has 0 aromatic heterocycles. The van der Waals surface area contributed by atoms with Crippen LogP contribution in [0.5, 0.6) is 0 Å². The first-order valence-corrected chi connectivity index (χ1v) is 6.75. The van der Waals surface area contributed by atoms with Crippen LogP contribution in [0, 0.1) is 5.92 Å². The molecule has 3 atom stereocenters. The molecule has 1 saturated heterocycles. The molecular formula is C16H16O3. The van der Waals surface area contributed by atoms with Crippen LogP contribution >= 0.6 is 0 Å². The first-order valence-electron chi connectivity index (χ1n) is 6.75. The van der Waals surface area contributed by atoms with E-state index in [9.17, 15) is 0 Å². The van der Waals surface area contributed by atoms with Crippen molar-refractivity contribution < 1.29 is 14.2 Å². The summed E-state index contributed by atoms with van der Waals surface area (Å²) in [6.45, 7) is 1.37. The number of hydrogen-bond acceptors (Lipinski definition) is 3. The number of ether oxygens (including phenoxy) is 3. The second-order valence-corrected chi connectivity index (χ2v) is 5.17. The van der Waals surface area contributed by atoms with E-state index in [1.165, 1.54) is 11.1 Å². The molecule has 19 heavy (non-hydrogen) atoms. The van der Waals surface area contributed by atoms with Crippen molar-refractivity contribution in [3.63, 3.8) is 0 Å². The molecule has 3 aliphatic rings. The van der Waals surface area contributed by atoms with Crippen LogP contribution in [-0.2, 0) is 20.8 Å². The predicted molar refractivity (Wildman–Crippen MR) is 70.1 cm³/mol. The molecule has 0 amide bonds. The molecule has 3 heteroatoms. The minimum atomic E-state index is -0.299. The number of rotatable bonds is 2. The van der Waals surface area contributed by atoms with Crippen molar-refractivity contribution in [3.05, 3.63) is 59.2 Å². The zero-order valence-electron chi connectivity index (χ0n) is 10.6. The Morgan fingerprint density at radius 3 is 3.05 bits per heavy atom. The maximum Gasteiger partial charge on any atom is 0.187 e. The fourth-order valence-electron chi connectivity index (χ4n) is 2.92. The van der Waals surface area contributed by atoms with Crippen LogP contribution in [0.2, 0.25) is 0 Å². The lowest BCUT2D eigenvalue weighted by molar-refractivity contribution is -0.219. The number of allylic oxidation sites excluding steroid dienone is 3. The molecule has 3 unspecified atom stereocenters. The Labute approximate surface area is 112 Å². The van der Waals surface area contributed by atoms with Gasteiger partial charge >= 0.3 is 0 Å². The molecule has 1 fully saturated rings. The van der Waals surface area contributed by atoms with Gasteiger partial charge in [-0.3, -0.25) is 0 Å². The van der Waals surface area contributed by atoms with Crippen LogP contribution in [0.4, 0.5) is 0 Å². The number of fused-ring (bicyclic) bond motifs is 2. The third-order valence-electron chi connectivity index (χ3n) is 3.98. The Bertz CT molecular complexity index is 547. The molecule has 0 radical (unpaired) electrons. The Morgan fingerprint density at radius 2 is 2.05 bits per heavy atom.